The van der Waals surface area contributed by atoms with Crippen molar-refractivity contribution in [3.05, 3.63) is 20.8 Å². The van der Waals surface area contributed by atoms with E-state index in [0.717, 1.165) is 16.9 Å². The molecule has 0 saturated heterocycles. The van der Waals surface area contributed by atoms with E-state index in [0.29, 0.717) is 6.61 Å². The highest BCUT2D eigenvalue weighted by atomic mass is 79.9. The summed E-state index contributed by atoms with van der Waals surface area (Å²) in [4.78, 5) is 1.30. The second kappa shape index (κ2) is 6.80. The Morgan fingerprint density at radius 1 is 1.64 bits per heavy atom. The van der Waals surface area contributed by atoms with Crippen LogP contribution < -0.4 is 5.32 Å². The van der Waals surface area contributed by atoms with Crippen molar-refractivity contribution in [1.29, 1.82) is 0 Å². The lowest BCUT2D eigenvalue weighted by Gasteiger charge is -2.08. The number of rotatable bonds is 6. The molecule has 0 radical (unpaired) electrons. The van der Waals surface area contributed by atoms with E-state index in [-0.39, 0.29) is 5.38 Å². The summed E-state index contributed by atoms with van der Waals surface area (Å²) in [6, 6.07) is 4.15. The molecule has 0 bridgehead atoms. The Labute approximate surface area is 102 Å². The van der Waals surface area contributed by atoms with E-state index >= 15 is 0 Å². The molecule has 1 aromatic heterocycles. The van der Waals surface area contributed by atoms with Crippen LogP contribution in [0.25, 0.3) is 0 Å². The van der Waals surface area contributed by atoms with E-state index in [9.17, 15) is 0 Å². The minimum absolute atomic E-state index is 0.0448. The maximum atomic E-state index is 5.96. The molecule has 0 spiro atoms. The van der Waals surface area contributed by atoms with Crippen molar-refractivity contribution >= 4 is 38.9 Å². The third-order valence-corrected chi connectivity index (χ3v) is 3.55. The van der Waals surface area contributed by atoms with Gasteiger partial charge in [-0.05, 0) is 28.1 Å². The smallest absolute Gasteiger partial charge is 0.0701 e. The average Bonchev–Trinajstić information content (AvgIpc) is 2.52. The predicted molar refractivity (Wildman–Crippen MR) is 65.2 cm³/mol. The molecule has 0 amide bonds. The maximum absolute atomic E-state index is 5.96. The van der Waals surface area contributed by atoms with Crippen LogP contribution in [0.1, 0.15) is 4.88 Å². The minimum Gasteiger partial charge on any atom is -0.383 e. The molecule has 80 valence electrons. The molecule has 0 aliphatic carbocycles. The van der Waals surface area contributed by atoms with Gasteiger partial charge in [-0.15, -0.1) is 22.9 Å². The van der Waals surface area contributed by atoms with E-state index in [1.54, 1.807) is 18.4 Å². The largest absolute Gasteiger partial charge is 0.383 e. The lowest BCUT2D eigenvalue weighted by atomic mass is 10.4. The topological polar surface area (TPSA) is 21.3 Å². The monoisotopic (exact) mass is 297 g/mol. The number of ether oxygens (including phenoxy) is 1. The van der Waals surface area contributed by atoms with Crippen molar-refractivity contribution in [2.75, 3.05) is 20.3 Å². The zero-order valence-corrected chi connectivity index (χ0v) is 11.1. The number of nitrogens with one attached hydrogen (secondary N) is 1. The van der Waals surface area contributed by atoms with Gasteiger partial charge < -0.3 is 10.1 Å². The molecule has 1 N–H and O–H groups in total. The van der Waals surface area contributed by atoms with Gasteiger partial charge in [0.25, 0.3) is 0 Å². The van der Waals surface area contributed by atoms with Crippen LogP contribution in [0.15, 0.2) is 15.9 Å². The number of hydrogen-bond acceptors (Lipinski definition) is 3. The zero-order chi connectivity index (χ0) is 10.4. The molecular formula is C9H13BrClNOS. The first-order valence-electron chi connectivity index (χ1n) is 4.30. The quantitative estimate of drug-likeness (QED) is 0.816. The van der Waals surface area contributed by atoms with Gasteiger partial charge in [-0.2, -0.15) is 0 Å². The first-order valence-corrected chi connectivity index (χ1v) is 6.35. The van der Waals surface area contributed by atoms with Crippen LogP contribution in [-0.2, 0) is 11.3 Å². The normalized spacial score (nSPS) is 13.1. The standard InChI is InChI=1S/C9H13BrClNOS/c1-13-6-7(11)4-12-5-8-2-3-9(10)14-8/h2-3,7,12H,4-6H2,1H3. The lowest BCUT2D eigenvalue weighted by molar-refractivity contribution is 0.197. The van der Waals surface area contributed by atoms with Crippen molar-refractivity contribution in [2.45, 2.75) is 11.9 Å². The molecule has 1 aromatic rings. The molecule has 14 heavy (non-hydrogen) atoms. The summed E-state index contributed by atoms with van der Waals surface area (Å²) in [5, 5.41) is 3.32. The van der Waals surface area contributed by atoms with Crippen molar-refractivity contribution in [3.8, 4) is 0 Å². The van der Waals surface area contributed by atoms with Gasteiger partial charge in [0.05, 0.1) is 15.8 Å². The summed E-state index contributed by atoms with van der Waals surface area (Å²) in [5.74, 6) is 0. The Balaban J connectivity index is 2.15. The fraction of sp³-hybridized carbons (Fsp3) is 0.556. The van der Waals surface area contributed by atoms with Gasteiger partial charge in [0.1, 0.15) is 0 Å². The molecule has 1 atom stereocenters. The summed E-state index contributed by atoms with van der Waals surface area (Å²) >= 11 is 11.1. The number of halogens is 2. The van der Waals surface area contributed by atoms with Crippen LogP contribution in [0.2, 0.25) is 0 Å². The molecule has 0 aliphatic heterocycles. The summed E-state index contributed by atoms with van der Waals surface area (Å²) in [6.45, 7) is 2.22. The summed E-state index contributed by atoms with van der Waals surface area (Å²) in [7, 11) is 1.66. The molecule has 0 aromatic carbocycles. The van der Waals surface area contributed by atoms with Crippen molar-refractivity contribution in [1.82, 2.24) is 5.32 Å². The summed E-state index contributed by atoms with van der Waals surface area (Å²) in [6.07, 6.45) is 0. The molecule has 2 nitrogen and oxygen atoms in total. The molecule has 1 rings (SSSR count). The predicted octanol–water partition coefficient (Wildman–Crippen LogP) is 2.85. The Kier molecular flexibility index (Phi) is 6.05. The van der Waals surface area contributed by atoms with Crippen molar-refractivity contribution in [2.24, 2.45) is 0 Å². The van der Waals surface area contributed by atoms with Crippen molar-refractivity contribution in [3.63, 3.8) is 0 Å². The van der Waals surface area contributed by atoms with Gasteiger partial charge >= 0.3 is 0 Å². The Morgan fingerprint density at radius 2 is 2.43 bits per heavy atom. The molecule has 1 unspecified atom stereocenters. The van der Waals surface area contributed by atoms with Gasteiger partial charge in [0.2, 0.25) is 0 Å². The van der Waals surface area contributed by atoms with E-state index < -0.39 is 0 Å². The van der Waals surface area contributed by atoms with E-state index in [4.69, 9.17) is 16.3 Å². The fourth-order valence-electron chi connectivity index (χ4n) is 1.04. The minimum atomic E-state index is 0.0448. The van der Waals surface area contributed by atoms with Gasteiger partial charge in [0, 0.05) is 25.1 Å². The van der Waals surface area contributed by atoms with Crippen LogP contribution in [-0.4, -0.2) is 25.6 Å². The molecule has 5 heteroatoms. The molecule has 0 saturated carbocycles. The van der Waals surface area contributed by atoms with E-state index in [1.165, 1.54) is 4.88 Å². The van der Waals surface area contributed by atoms with Crippen LogP contribution in [0.4, 0.5) is 0 Å². The van der Waals surface area contributed by atoms with Gasteiger partial charge in [-0.1, -0.05) is 0 Å². The highest BCUT2D eigenvalue weighted by Gasteiger charge is 2.03. The number of hydrogen-bond donors (Lipinski definition) is 1. The average molecular weight is 299 g/mol. The van der Waals surface area contributed by atoms with E-state index in [2.05, 4.69) is 33.4 Å². The number of thiophene rings is 1. The van der Waals surface area contributed by atoms with Crippen LogP contribution in [0.5, 0.6) is 0 Å². The first-order chi connectivity index (χ1) is 6.72. The number of methoxy groups -OCH3 is 1. The molecule has 0 fully saturated rings. The van der Waals surface area contributed by atoms with Crippen LogP contribution in [0, 0.1) is 0 Å². The summed E-state index contributed by atoms with van der Waals surface area (Å²) in [5.41, 5.74) is 0. The third kappa shape index (κ3) is 4.75. The van der Waals surface area contributed by atoms with Gasteiger partial charge in [-0.3, -0.25) is 0 Å². The molecule has 1 heterocycles. The Hall–Kier alpha value is 0.390. The Morgan fingerprint density at radius 3 is 3.00 bits per heavy atom. The number of alkyl halides is 1. The summed E-state index contributed by atoms with van der Waals surface area (Å²) < 4.78 is 6.09. The van der Waals surface area contributed by atoms with Crippen LogP contribution in [0.3, 0.4) is 0 Å². The van der Waals surface area contributed by atoms with Crippen LogP contribution >= 0.6 is 38.9 Å². The third-order valence-electron chi connectivity index (χ3n) is 1.64. The lowest BCUT2D eigenvalue weighted by Crippen LogP contribution is -2.25. The molecule has 0 aliphatic rings. The molecular weight excluding hydrogens is 286 g/mol. The maximum Gasteiger partial charge on any atom is 0.0701 e. The second-order valence-electron chi connectivity index (χ2n) is 2.89. The Bertz CT molecular complexity index is 269. The fourth-order valence-corrected chi connectivity index (χ4v) is 2.73. The highest BCUT2D eigenvalue weighted by Crippen LogP contribution is 2.21. The first kappa shape index (κ1) is 12.5. The second-order valence-corrected chi connectivity index (χ2v) is 6.05. The SMILES string of the molecule is COCC(Cl)CNCc1ccc(Br)s1. The van der Waals surface area contributed by atoms with Gasteiger partial charge in [0.15, 0.2) is 0 Å². The van der Waals surface area contributed by atoms with E-state index in [1.807, 2.05) is 0 Å². The highest BCUT2D eigenvalue weighted by molar-refractivity contribution is 9.11. The van der Waals surface area contributed by atoms with Gasteiger partial charge in [-0.25, -0.2) is 0 Å². The zero-order valence-electron chi connectivity index (χ0n) is 7.93. The van der Waals surface area contributed by atoms with Crippen molar-refractivity contribution < 1.29 is 4.74 Å².